The van der Waals surface area contributed by atoms with Gasteiger partial charge >= 0.3 is 0 Å². The van der Waals surface area contributed by atoms with Gasteiger partial charge in [0.15, 0.2) is 5.82 Å². The fourth-order valence-corrected chi connectivity index (χ4v) is 3.95. The van der Waals surface area contributed by atoms with Crippen molar-refractivity contribution in [1.29, 1.82) is 0 Å². The second-order valence-electron chi connectivity index (χ2n) is 7.99. The van der Waals surface area contributed by atoms with Crippen molar-refractivity contribution in [2.75, 3.05) is 34.3 Å². The summed E-state index contributed by atoms with van der Waals surface area (Å²) in [5, 5.41) is 0. The van der Waals surface area contributed by atoms with E-state index in [1.807, 2.05) is 51.4 Å². The van der Waals surface area contributed by atoms with Crippen molar-refractivity contribution in [1.82, 2.24) is 19.8 Å². The first-order chi connectivity index (χ1) is 14.0. The van der Waals surface area contributed by atoms with Crippen molar-refractivity contribution in [2.45, 2.75) is 45.1 Å². The van der Waals surface area contributed by atoms with Gasteiger partial charge in [-0.15, -0.1) is 0 Å². The molecule has 1 aliphatic rings. The van der Waals surface area contributed by atoms with Crippen molar-refractivity contribution >= 4 is 5.91 Å². The molecule has 6 nitrogen and oxygen atoms in total. The Morgan fingerprint density at radius 3 is 2.41 bits per heavy atom. The SMILES string of the molecule is COc1nc(-c2ccccc2)nc(C)c1CC(=O)N(CCN(C)C)C1CCCC1. The molecular formula is C23H32N4O2. The van der Waals surface area contributed by atoms with Gasteiger partial charge in [-0.05, 0) is 33.9 Å². The molecule has 0 radical (unpaired) electrons. The van der Waals surface area contributed by atoms with Gasteiger partial charge in [0.05, 0.1) is 13.5 Å². The van der Waals surface area contributed by atoms with Crippen LogP contribution in [0, 0.1) is 6.92 Å². The molecular weight excluding hydrogens is 364 g/mol. The maximum Gasteiger partial charge on any atom is 0.227 e. The fourth-order valence-electron chi connectivity index (χ4n) is 3.95. The minimum atomic E-state index is 0.135. The maximum atomic E-state index is 13.3. The molecule has 0 unspecified atom stereocenters. The van der Waals surface area contributed by atoms with Crippen LogP contribution >= 0.6 is 0 Å². The van der Waals surface area contributed by atoms with Crippen LogP contribution in [-0.4, -0.2) is 66.0 Å². The minimum Gasteiger partial charge on any atom is -0.481 e. The van der Waals surface area contributed by atoms with E-state index in [0.29, 0.717) is 17.7 Å². The van der Waals surface area contributed by atoms with E-state index in [0.717, 1.165) is 42.8 Å². The summed E-state index contributed by atoms with van der Waals surface area (Å²) in [5.41, 5.74) is 2.51. The van der Waals surface area contributed by atoms with Gasteiger partial charge in [0.25, 0.3) is 0 Å². The van der Waals surface area contributed by atoms with Gasteiger partial charge in [-0.2, -0.15) is 4.98 Å². The summed E-state index contributed by atoms with van der Waals surface area (Å²) in [5.74, 6) is 1.25. The van der Waals surface area contributed by atoms with Crippen LogP contribution in [0.5, 0.6) is 5.88 Å². The molecule has 156 valence electrons. The van der Waals surface area contributed by atoms with Crippen molar-refractivity contribution in [3.63, 3.8) is 0 Å². The number of carbonyl (C=O) groups is 1. The molecule has 29 heavy (non-hydrogen) atoms. The zero-order valence-electron chi connectivity index (χ0n) is 18.0. The molecule has 0 atom stereocenters. The molecule has 1 aromatic heterocycles. The van der Waals surface area contributed by atoms with Crippen molar-refractivity contribution in [2.24, 2.45) is 0 Å². The number of ether oxygens (including phenoxy) is 1. The minimum absolute atomic E-state index is 0.135. The molecule has 0 saturated heterocycles. The summed E-state index contributed by atoms with van der Waals surface area (Å²) >= 11 is 0. The number of rotatable bonds is 8. The van der Waals surface area contributed by atoms with Crippen LogP contribution in [0.1, 0.15) is 36.9 Å². The molecule has 1 saturated carbocycles. The van der Waals surface area contributed by atoms with Crippen LogP contribution in [0.3, 0.4) is 0 Å². The van der Waals surface area contributed by atoms with E-state index in [1.165, 1.54) is 12.8 Å². The van der Waals surface area contributed by atoms with Gasteiger partial charge in [-0.3, -0.25) is 4.79 Å². The number of hydrogen-bond acceptors (Lipinski definition) is 5. The highest BCUT2D eigenvalue weighted by atomic mass is 16.5. The van der Waals surface area contributed by atoms with Gasteiger partial charge in [0, 0.05) is 36.0 Å². The quantitative estimate of drug-likeness (QED) is 0.685. The van der Waals surface area contributed by atoms with Gasteiger partial charge in [0.2, 0.25) is 11.8 Å². The van der Waals surface area contributed by atoms with Crippen molar-refractivity contribution in [3.05, 3.63) is 41.6 Å². The number of likely N-dealkylation sites (N-methyl/N-ethyl adjacent to an activating group) is 1. The topological polar surface area (TPSA) is 58.6 Å². The predicted molar refractivity (Wildman–Crippen MR) is 115 cm³/mol. The van der Waals surface area contributed by atoms with Crippen LogP contribution in [0.2, 0.25) is 0 Å². The smallest absolute Gasteiger partial charge is 0.227 e. The molecule has 1 fully saturated rings. The molecule has 0 bridgehead atoms. The summed E-state index contributed by atoms with van der Waals surface area (Å²) in [7, 11) is 5.69. The van der Waals surface area contributed by atoms with Crippen molar-refractivity contribution < 1.29 is 9.53 Å². The number of hydrogen-bond donors (Lipinski definition) is 0. The zero-order chi connectivity index (χ0) is 20.8. The zero-order valence-corrected chi connectivity index (χ0v) is 18.0. The maximum absolute atomic E-state index is 13.3. The van der Waals surface area contributed by atoms with E-state index < -0.39 is 0 Å². The summed E-state index contributed by atoms with van der Waals surface area (Å²) in [6.07, 6.45) is 4.87. The monoisotopic (exact) mass is 396 g/mol. The van der Waals surface area contributed by atoms with E-state index in [-0.39, 0.29) is 12.3 Å². The second kappa shape index (κ2) is 9.83. The third kappa shape index (κ3) is 5.32. The van der Waals surface area contributed by atoms with E-state index in [4.69, 9.17) is 4.74 Å². The highest BCUT2D eigenvalue weighted by molar-refractivity contribution is 5.80. The van der Waals surface area contributed by atoms with Crippen molar-refractivity contribution in [3.8, 4) is 17.3 Å². The summed E-state index contributed by atoms with van der Waals surface area (Å²) in [6, 6.07) is 10.2. The van der Waals surface area contributed by atoms with Crippen LogP contribution in [0.4, 0.5) is 0 Å². The molecule has 1 heterocycles. The van der Waals surface area contributed by atoms with E-state index in [9.17, 15) is 4.79 Å². The standard InChI is InChI=1S/C23H32N4O2/c1-17-20(23(29-4)25-22(24-17)18-10-6-5-7-11-18)16-21(28)27(15-14-26(2)3)19-12-8-9-13-19/h5-7,10-11,19H,8-9,12-16H2,1-4H3. The lowest BCUT2D eigenvalue weighted by molar-refractivity contribution is -0.132. The summed E-state index contributed by atoms with van der Waals surface area (Å²) in [6.45, 7) is 3.54. The molecule has 0 spiro atoms. The van der Waals surface area contributed by atoms with Gasteiger partial charge in [-0.25, -0.2) is 4.98 Å². The van der Waals surface area contributed by atoms with E-state index in [1.54, 1.807) is 7.11 Å². The summed E-state index contributed by atoms with van der Waals surface area (Å²) < 4.78 is 5.56. The van der Waals surface area contributed by atoms with E-state index in [2.05, 4.69) is 19.8 Å². The normalized spacial score (nSPS) is 14.4. The highest BCUT2D eigenvalue weighted by Crippen LogP contribution is 2.27. The Morgan fingerprint density at radius 2 is 1.79 bits per heavy atom. The van der Waals surface area contributed by atoms with Crippen LogP contribution in [0.25, 0.3) is 11.4 Å². The summed E-state index contributed by atoms with van der Waals surface area (Å²) in [4.78, 5) is 26.7. The molecule has 1 aromatic carbocycles. The molecule has 6 heteroatoms. The Hall–Kier alpha value is -2.47. The first-order valence-corrected chi connectivity index (χ1v) is 10.4. The molecule has 1 amide bonds. The lowest BCUT2D eigenvalue weighted by Crippen LogP contribution is -2.43. The van der Waals surface area contributed by atoms with Gasteiger partial charge in [0.1, 0.15) is 0 Å². The molecule has 2 aromatic rings. The molecule has 0 N–H and O–H groups in total. The first-order valence-electron chi connectivity index (χ1n) is 10.4. The largest absolute Gasteiger partial charge is 0.481 e. The number of amides is 1. The van der Waals surface area contributed by atoms with Crippen LogP contribution < -0.4 is 4.74 Å². The Labute approximate surface area is 173 Å². The van der Waals surface area contributed by atoms with Crippen LogP contribution in [-0.2, 0) is 11.2 Å². The average molecular weight is 397 g/mol. The Bertz CT molecular complexity index is 817. The number of carbonyl (C=O) groups excluding carboxylic acids is 1. The predicted octanol–water partition coefficient (Wildman–Crippen LogP) is 3.34. The number of methoxy groups -OCH3 is 1. The fraction of sp³-hybridized carbons (Fsp3) is 0.522. The third-order valence-corrected chi connectivity index (χ3v) is 5.60. The van der Waals surface area contributed by atoms with Gasteiger partial charge < -0.3 is 14.5 Å². The van der Waals surface area contributed by atoms with Crippen LogP contribution in [0.15, 0.2) is 30.3 Å². The number of aromatic nitrogens is 2. The molecule has 3 rings (SSSR count). The average Bonchev–Trinajstić information content (AvgIpc) is 3.24. The number of benzene rings is 1. The highest BCUT2D eigenvalue weighted by Gasteiger charge is 2.28. The lowest BCUT2D eigenvalue weighted by atomic mass is 10.1. The molecule has 1 aliphatic carbocycles. The Balaban J connectivity index is 1.84. The third-order valence-electron chi connectivity index (χ3n) is 5.60. The number of aryl methyl sites for hydroxylation is 1. The lowest BCUT2D eigenvalue weighted by Gasteiger charge is -2.30. The van der Waals surface area contributed by atoms with Gasteiger partial charge in [-0.1, -0.05) is 43.2 Å². The number of nitrogens with zero attached hydrogens (tertiary/aromatic N) is 4. The Kier molecular flexibility index (Phi) is 7.20. The first kappa shape index (κ1) is 21.2. The Morgan fingerprint density at radius 1 is 1.10 bits per heavy atom. The second-order valence-corrected chi connectivity index (χ2v) is 7.99. The van der Waals surface area contributed by atoms with E-state index >= 15 is 0 Å². The molecule has 0 aliphatic heterocycles.